The van der Waals surface area contributed by atoms with Crippen molar-refractivity contribution in [1.29, 1.82) is 0 Å². The summed E-state index contributed by atoms with van der Waals surface area (Å²) in [7, 11) is 0. The molecule has 4 nitrogen and oxygen atoms in total. The lowest BCUT2D eigenvalue weighted by Crippen LogP contribution is -2.44. The van der Waals surface area contributed by atoms with Gasteiger partial charge in [0.25, 0.3) is 5.91 Å². The van der Waals surface area contributed by atoms with E-state index in [1.165, 1.54) is 18.4 Å². The van der Waals surface area contributed by atoms with Gasteiger partial charge in [0.05, 0.1) is 0 Å². The van der Waals surface area contributed by atoms with Gasteiger partial charge >= 0.3 is 6.03 Å². The van der Waals surface area contributed by atoms with Crippen molar-refractivity contribution in [2.24, 2.45) is 0 Å². The molecule has 0 spiro atoms. The fraction of sp³-hybridized carbons (Fsp3) is 0.500. The van der Waals surface area contributed by atoms with Crippen LogP contribution in [0, 0.1) is 6.92 Å². The second-order valence-electron chi connectivity index (χ2n) is 5.52. The molecule has 0 atom stereocenters. The highest BCUT2D eigenvalue weighted by Gasteiger charge is 2.26. The maximum Gasteiger partial charge on any atom is 0.334 e. The van der Waals surface area contributed by atoms with Crippen LogP contribution in [0.4, 0.5) is 4.79 Å². The summed E-state index contributed by atoms with van der Waals surface area (Å²) in [6.45, 7) is 1.95. The third-order valence-electron chi connectivity index (χ3n) is 3.96. The third-order valence-corrected chi connectivity index (χ3v) is 5.67. The highest BCUT2D eigenvalue weighted by Crippen LogP contribution is 2.26. The van der Waals surface area contributed by atoms with E-state index in [2.05, 4.69) is 21.2 Å². The molecule has 0 unspecified atom stereocenters. The Morgan fingerprint density at radius 2 is 1.95 bits per heavy atom. The van der Waals surface area contributed by atoms with Gasteiger partial charge < -0.3 is 0 Å². The van der Waals surface area contributed by atoms with E-state index in [9.17, 15) is 9.59 Å². The van der Waals surface area contributed by atoms with Crippen LogP contribution in [-0.2, 0) is 0 Å². The normalized spacial score (nSPS) is 15.4. The molecule has 3 amide bonds. The predicted octanol–water partition coefficient (Wildman–Crippen LogP) is 4.52. The number of aryl methyl sites for hydroxylation is 1. The monoisotopic (exact) mass is 384 g/mol. The van der Waals surface area contributed by atoms with Gasteiger partial charge in [-0.2, -0.15) is 0 Å². The molecular weight excluding hydrogens is 364 g/mol. The van der Waals surface area contributed by atoms with Gasteiger partial charge in [0, 0.05) is 22.3 Å². The number of carbonyl (C=O) groups excluding carboxylic acids is 2. The van der Waals surface area contributed by atoms with Crippen molar-refractivity contribution in [3.05, 3.63) is 33.8 Å². The van der Waals surface area contributed by atoms with Crippen LogP contribution in [0.2, 0.25) is 0 Å². The van der Waals surface area contributed by atoms with Crippen molar-refractivity contribution in [2.45, 2.75) is 45.1 Å². The fourth-order valence-corrected chi connectivity index (χ4v) is 3.77. The second kappa shape index (κ2) is 8.02. The highest BCUT2D eigenvalue weighted by atomic mass is 79.9. The minimum Gasteiger partial charge on any atom is -0.273 e. The summed E-state index contributed by atoms with van der Waals surface area (Å²) in [5.41, 5.74) is 1.53. The number of benzene rings is 1. The lowest BCUT2D eigenvalue weighted by atomic mass is 9.96. The highest BCUT2D eigenvalue weighted by molar-refractivity contribution is 9.10. The van der Waals surface area contributed by atoms with Crippen molar-refractivity contribution < 1.29 is 9.59 Å². The smallest absolute Gasteiger partial charge is 0.273 e. The van der Waals surface area contributed by atoms with Gasteiger partial charge in [0.15, 0.2) is 0 Å². The van der Waals surface area contributed by atoms with E-state index in [1.54, 1.807) is 16.4 Å². The number of amides is 3. The zero-order valence-corrected chi connectivity index (χ0v) is 15.3. The van der Waals surface area contributed by atoms with Crippen LogP contribution in [-0.4, -0.2) is 28.5 Å². The Bertz CT molecular complexity index is 559. The predicted molar refractivity (Wildman–Crippen MR) is 94.0 cm³/mol. The molecule has 0 saturated heterocycles. The number of halogens is 1. The summed E-state index contributed by atoms with van der Waals surface area (Å²) in [6.07, 6.45) is 7.43. The standard InChI is InChI=1S/C16H21BrN2O2S/c1-11-8-9-12(10-14(11)17)15(20)18-16(21)19(22-2)13-6-4-3-5-7-13/h8-10,13H,3-7H2,1-2H3,(H,18,20,21). The van der Waals surface area contributed by atoms with E-state index < -0.39 is 0 Å². The molecule has 0 heterocycles. The Hall–Kier alpha value is -1.01. The van der Waals surface area contributed by atoms with Crippen LogP contribution in [0.3, 0.4) is 0 Å². The number of hydrogen-bond acceptors (Lipinski definition) is 3. The second-order valence-corrected chi connectivity index (χ2v) is 7.14. The van der Waals surface area contributed by atoms with E-state index in [0.29, 0.717) is 5.56 Å². The first-order valence-electron chi connectivity index (χ1n) is 7.47. The van der Waals surface area contributed by atoms with Crippen LogP contribution in [0.5, 0.6) is 0 Å². The fourth-order valence-electron chi connectivity index (χ4n) is 2.67. The van der Waals surface area contributed by atoms with Crippen LogP contribution in [0.15, 0.2) is 22.7 Å². The van der Waals surface area contributed by atoms with Crippen molar-refractivity contribution in [3.63, 3.8) is 0 Å². The zero-order valence-electron chi connectivity index (χ0n) is 12.9. The molecule has 6 heteroatoms. The molecule has 0 aromatic heterocycles. The van der Waals surface area contributed by atoms with Crippen LogP contribution < -0.4 is 5.32 Å². The molecule has 1 aromatic rings. The van der Waals surface area contributed by atoms with Crippen molar-refractivity contribution in [3.8, 4) is 0 Å². The van der Waals surface area contributed by atoms with Crippen molar-refractivity contribution in [1.82, 2.24) is 9.62 Å². The third kappa shape index (κ3) is 4.26. The minimum absolute atomic E-state index is 0.223. The quantitative estimate of drug-likeness (QED) is 0.779. The summed E-state index contributed by atoms with van der Waals surface area (Å²) in [4.78, 5) is 24.6. The van der Waals surface area contributed by atoms with E-state index in [0.717, 1.165) is 35.7 Å². The first-order chi connectivity index (χ1) is 10.5. The number of urea groups is 1. The maximum absolute atomic E-state index is 12.4. The molecule has 0 aliphatic heterocycles. The van der Waals surface area contributed by atoms with Gasteiger partial charge in [-0.15, -0.1) is 0 Å². The van der Waals surface area contributed by atoms with Crippen LogP contribution >= 0.6 is 27.9 Å². The van der Waals surface area contributed by atoms with Gasteiger partial charge in [-0.25, -0.2) is 4.79 Å². The Morgan fingerprint density at radius 1 is 1.27 bits per heavy atom. The average Bonchev–Trinajstić information content (AvgIpc) is 2.51. The summed E-state index contributed by atoms with van der Waals surface area (Å²) in [6, 6.07) is 5.23. The van der Waals surface area contributed by atoms with Gasteiger partial charge in [0.2, 0.25) is 0 Å². The maximum atomic E-state index is 12.4. The summed E-state index contributed by atoms with van der Waals surface area (Å²) >= 11 is 4.79. The topological polar surface area (TPSA) is 49.4 Å². The first-order valence-corrected chi connectivity index (χ1v) is 9.45. The largest absolute Gasteiger partial charge is 0.334 e. The number of imide groups is 1. The van der Waals surface area contributed by atoms with Gasteiger partial charge in [0.1, 0.15) is 0 Å². The Balaban J connectivity index is 2.02. The zero-order chi connectivity index (χ0) is 16.1. The van der Waals surface area contributed by atoms with Gasteiger partial charge in [-0.1, -0.05) is 41.3 Å². The molecule has 0 radical (unpaired) electrons. The van der Waals surface area contributed by atoms with E-state index in [4.69, 9.17) is 0 Å². The summed E-state index contributed by atoms with van der Waals surface area (Å²) in [5.74, 6) is -0.361. The molecule has 120 valence electrons. The molecule has 1 saturated carbocycles. The molecule has 2 rings (SSSR count). The molecule has 1 aromatic carbocycles. The van der Waals surface area contributed by atoms with Crippen LogP contribution in [0.25, 0.3) is 0 Å². The summed E-state index contributed by atoms with van der Waals surface area (Å²) < 4.78 is 2.57. The summed E-state index contributed by atoms with van der Waals surface area (Å²) in [5, 5.41) is 2.50. The van der Waals surface area contributed by atoms with Crippen LogP contribution in [0.1, 0.15) is 48.0 Å². The van der Waals surface area contributed by atoms with E-state index in [1.807, 2.05) is 19.2 Å². The molecule has 1 aliphatic rings. The Labute approximate surface area is 144 Å². The molecular formula is C16H21BrN2O2S. The number of hydrogen-bond donors (Lipinski definition) is 1. The minimum atomic E-state index is -0.361. The first kappa shape index (κ1) is 17.3. The number of nitrogens with one attached hydrogen (secondary N) is 1. The SMILES string of the molecule is CSN(C(=O)NC(=O)c1ccc(C)c(Br)c1)C1CCCCC1. The molecule has 1 aliphatic carbocycles. The Morgan fingerprint density at radius 3 is 2.55 bits per heavy atom. The number of nitrogens with zero attached hydrogens (tertiary/aromatic N) is 1. The van der Waals surface area contributed by atoms with Gasteiger partial charge in [-0.3, -0.25) is 14.4 Å². The lowest BCUT2D eigenvalue weighted by Gasteiger charge is -2.31. The Kier molecular flexibility index (Phi) is 6.32. The molecule has 22 heavy (non-hydrogen) atoms. The molecule has 1 fully saturated rings. The van der Waals surface area contributed by atoms with Crippen molar-refractivity contribution in [2.75, 3.05) is 6.26 Å². The van der Waals surface area contributed by atoms with Gasteiger partial charge in [-0.05, 0) is 49.4 Å². The molecule has 0 bridgehead atoms. The van der Waals surface area contributed by atoms with Crippen molar-refractivity contribution >= 4 is 39.8 Å². The lowest BCUT2D eigenvalue weighted by molar-refractivity contribution is 0.0956. The van der Waals surface area contributed by atoms with E-state index >= 15 is 0 Å². The molecule has 1 N–H and O–H groups in total. The number of rotatable bonds is 3. The average molecular weight is 385 g/mol. The van der Waals surface area contributed by atoms with E-state index in [-0.39, 0.29) is 18.0 Å². The number of carbonyl (C=O) groups is 2.